The van der Waals surface area contributed by atoms with Crippen LogP contribution in [0.3, 0.4) is 0 Å². The molecule has 0 aliphatic carbocycles. The Morgan fingerprint density at radius 2 is 2.11 bits per heavy atom. The van der Waals surface area contributed by atoms with Crippen LogP contribution in [0.2, 0.25) is 0 Å². The third-order valence-corrected chi connectivity index (χ3v) is 2.91. The molecule has 18 heavy (non-hydrogen) atoms. The van der Waals surface area contributed by atoms with Gasteiger partial charge in [-0.3, -0.25) is 9.48 Å². The first kappa shape index (κ1) is 14.5. The third kappa shape index (κ3) is 4.05. The van der Waals surface area contributed by atoms with E-state index in [-0.39, 0.29) is 12.5 Å². The van der Waals surface area contributed by atoms with Gasteiger partial charge in [-0.2, -0.15) is 5.10 Å². The molecule has 5 heteroatoms. The maximum Gasteiger partial charge on any atom is 0.327 e. The fourth-order valence-electron chi connectivity index (χ4n) is 1.71. The maximum absolute atomic E-state index is 11.6. The third-order valence-electron chi connectivity index (χ3n) is 2.91. The van der Waals surface area contributed by atoms with Crippen molar-refractivity contribution in [3.05, 3.63) is 11.4 Å². The summed E-state index contributed by atoms with van der Waals surface area (Å²) >= 11 is 0. The van der Waals surface area contributed by atoms with Crippen LogP contribution in [0.15, 0.2) is 0 Å². The minimum Gasteiger partial charge on any atom is -0.464 e. The van der Waals surface area contributed by atoms with Gasteiger partial charge in [-0.15, -0.1) is 0 Å². The Labute approximate surface area is 108 Å². The number of nitrogens with zero attached hydrogens (tertiary/aromatic N) is 2. The number of nitrogen functional groups attached to an aromatic ring is 1. The summed E-state index contributed by atoms with van der Waals surface area (Å²) < 4.78 is 6.75. The van der Waals surface area contributed by atoms with Crippen LogP contribution in [0.4, 0.5) is 5.69 Å². The van der Waals surface area contributed by atoms with Crippen LogP contribution in [-0.4, -0.2) is 22.4 Å². The Morgan fingerprint density at radius 3 is 2.61 bits per heavy atom. The standard InChI is InChI=1S/C13H23N3O2/c1-9(2)6-5-7-18-12(17)8-16-11(4)13(14)10(3)15-16/h9H,5-8,14H2,1-4H3. The zero-order valence-electron chi connectivity index (χ0n) is 11.7. The quantitative estimate of drug-likeness (QED) is 0.622. The Bertz CT molecular complexity index is 411. The van der Waals surface area contributed by atoms with E-state index in [0.717, 1.165) is 24.2 Å². The molecule has 0 radical (unpaired) electrons. The summed E-state index contributed by atoms with van der Waals surface area (Å²) in [7, 11) is 0. The lowest BCUT2D eigenvalue weighted by Crippen LogP contribution is -2.16. The molecular weight excluding hydrogens is 230 g/mol. The van der Waals surface area contributed by atoms with Gasteiger partial charge in [0, 0.05) is 0 Å². The summed E-state index contributed by atoms with van der Waals surface area (Å²) in [5.41, 5.74) is 8.00. The first-order chi connectivity index (χ1) is 8.41. The van der Waals surface area contributed by atoms with Crippen LogP contribution in [-0.2, 0) is 16.1 Å². The van der Waals surface area contributed by atoms with Gasteiger partial charge in [0.15, 0.2) is 0 Å². The molecule has 5 nitrogen and oxygen atoms in total. The van der Waals surface area contributed by atoms with Gasteiger partial charge >= 0.3 is 5.97 Å². The Balaban J connectivity index is 2.38. The first-order valence-corrected chi connectivity index (χ1v) is 6.37. The van der Waals surface area contributed by atoms with Crippen LogP contribution < -0.4 is 5.73 Å². The van der Waals surface area contributed by atoms with Crippen molar-refractivity contribution in [2.24, 2.45) is 5.92 Å². The van der Waals surface area contributed by atoms with Gasteiger partial charge in [0.1, 0.15) is 6.54 Å². The number of nitrogens with two attached hydrogens (primary N) is 1. The number of esters is 1. The number of hydrogen-bond donors (Lipinski definition) is 1. The molecule has 1 aromatic rings. The van der Waals surface area contributed by atoms with Crippen LogP contribution in [0.1, 0.15) is 38.1 Å². The van der Waals surface area contributed by atoms with E-state index in [1.165, 1.54) is 0 Å². The Morgan fingerprint density at radius 1 is 1.44 bits per heavy atom. The number of aromatic nitrogens is 2. The molecule has 0 saturated heterocycles. The molecule has 0 spiro atoms. The van der Waals surface area contributed by atoms with Crippen LogP contribution in [0.25, 0.3) is 0 Å². The largest absolute Gasteiger partial charge is 0.464 e. The smallest absolute Gasteiger partial charge is 0.327 e. The number of hydrogen-bond acceptors (Lipinski definition) is 4. The average molecular weight is 253 g/mol. The van der Waals surface area contributed by atoms with Gasteiger partial charge in [-0.05, 0) is 32.6 Å². The fraction of sp³-hybridized carbons (Fsp3) is 0.692. The highest BCUT2D eigenvalue weighted by atomic mass is 16.5. The summed E-state index contributed by atoms with van der Waals surface area (Å²) in [5, 5.41) is 4.20. The molecule has 0 aliphatic rings. The van der Waals surface area contributed by atoms with E-state index in [0.29, 0.717) is 18.2 Å². The number of carbonyl (C=O) groups excluding carboxylic acids is 1. The molecule has 0 saturated carbocycles. The number of carbonyl (C=O) groups is 1. The van der Waals surface area contributed by atoms with Crippen molar-refractivity contribution in [3.8, 4) is 0 Å². The second-order valence-corrected chi connectivity index (χ2v) is 5.00. The van der Waals surface area contributed by atoms with Crippen molar-refractivity contribution in [3.63, 3.8) is 0 Å². The van der Waals surface area contributed by atoms with Gasteiger partial charge in [0.25, 0.3) is 0 Å². The second kappa shape index (κ2) is 6.42. The van der Waals surface area contributed by atoms with Crippen molar-refractivity contribution in [1.29, 1.82) is 0 Å². The molecule has 0 atom stereocenters. The van der Waals surface area contributed by atoms with Crippen LogP contribution >= 0.6 is 0 Å². The summed E-state index contributed by atoms with van der Waals surface area (Å²) in [4.78, 5) is 11.6. The Hall–Kier alpha value is -1.52. The molecule has 102 valence electrons. The zero-order chi connectivity index (χ0) is 13.7. The lowest BCUT2D eigenvalue weighted by molar-refractivity contribution is -0.144. The first-order valence-electron chi connectivity index (χ1n) is 6.37. The highest BCUT2D eigenvalue weighted by Gasteiger charge is 2.12. The Kier molecular flexibility index (Phi) is 5.19. The van der Waals surface area contributed by atoms with Crippen molar-refractivity contribution >= 4 is 11.7 Å². The predicted molar refractivity (Wildman–Crippen MR) is 71.1 cm³/mol. The molecule has 0 aromatic carbocycles. The van der Waals surface area contributed by atoms with Gasteiger partial charge in [0.2, 0.25) is 0 Å². The molecule has 1 rings (SSSR count). The van der Waals surface area contributed by atoms with E-state index in [4.69, 9.17) is 10.5 Å². The molecule has 0 unspecified atom stereocenters. The van der Waals surface area contributed by atoms with Crippen molar-refractivity contribution in [2.45, 2.75) is 47.1 Å². The molecule has 0 amide bonds. The van der Waals surface area contributed by atoms with E-state index in [1.807, 2.05) is 13.8 Å². The van der Waals surface area contributed by atoms with Gasteiger partial charge < -0.3 is 10.5 Å². The van der Waals surface area contributed by atoms with Crippen LogP contribution in [0, 0.1) is 19.8 Å². The van der Waals surface area contributed by atoms with E-state index in [1.54, 1.807) is 4.68 Å². The van der Waals surface area contributed by atoms with Gasteiger partial charge in [0.05, 0.1) is 23.7 Å². The molecule has 0 fully saturated rings. The normalized spacial score (nSPS) is 10.9. The van der Waals surface area contributed by atoms with Gasteiger partial charge in [-0.25, -0.2) is 0 Å². The summed E-state index contributed by atoms with van der Waals surface area (Å²) in [6.07, 6.45) is 1.97. The van der Waals surface area contributed by atoms with E-state index in [2.05, 4.69) is 18.9 Å². The molecule has 2 N–H and O–H groups in total. The summed E-state index contributed by atoms with van der Waals surface area (Å²) in [5.74, 6) is 0.379. The fourth-order valence-corrected chi connectivity index (χ4v) is 1.71. The second-order valence-electron chi connectivity index (χ2n) is 5.00. The number of aryl methyl sites for hydroxylation is 1. The molecular formula is C13H23N3O2. The minimum atomic E-state index is -0.260. The van der Waals surface area contributed by atoms with E-state index < -0.39 is 0 Å². The number of anilines is 1. The molecule has 1 heterocycles. The predicted octanol–water partition coefficient (Wildman–Crippen LogP) is 2.06. The molecule has 0 bridgehead atoms. The highest BCUT2D eigenvalue weighted by molar-refractivity contribution is 5.69. The maximum atomic E-state index is 11.6. The van der Waals surface area contributed by atoms with Crippen molar-refractivity contribution < 1.29 is 9.53 Å². The lowest BCUT2D eigenvalue weighted by Gasteiger charge is -2.07. The SMILES string of the molecule is Cc1nn(CC(=O)OCCCC(C)C)c(C)c1N. The highest BCUT2D eigenvalue weighted by Crippen LogP contribution is 2.14. The van der Waals surface area contributed by atoms with Gasteiger partial charge in [-0.1, -0.05) is 13.8 Å². The molecule has 0 aliphatic heterocycles. The molecule has 1 aromatic heterocycles. The monoisotopic (exact) mass is 253 g/mol. The topological polar surface area (TPSA) is 70.1 Å². The number of ether oxygens (including phenoxy) is 1. The summed E-state index contributed by atoms with van der Waals surface area (Å²) in [6.45, 7) is 8.59. The summed E-state index contributed by atoms with van der Waals surface area (Å²) in [6, 6.07) is 0. The van der Waals surface area contributed by atoms with E-state index >= 15 is 0 Å². The zero-order valence-corrected chi connectivity index (χ0v) is 11.7. The van der Waals surface area contributed by atoms with Crippen molar-refractivity contribution in [1.82, 2.24) is 9.78 Å². The minimum absolute atomic E-state index is 0.131. The van der Waals surface area contributed by atoms with E-state index in [9.17, 15) is 4.79 Å². The van der Waals surface area contributed by atoms with Crippen molar-refractivity contribution in [2.75, 3.05) is 12.3 Å². The van der Waals surface area contributed by atoms with Crippen LogP contribution in [0.5, 0.6) is 0 Å². The lowest BCUT2D eigenvalue weighted by atomic mass is 10.1. The number of rotatable bonds is 6. The average Bonchev–Trinajstić information content (AvgIpc) is 2.52.